The monoisotopic (exact) mass is 292 g/mol. The van der Waals surface area contributed by atoms with Crippen molar-refractivity contribution in [1.29, 1.82) is 0 Å². The molecule has 0 saturated heterocycles. The van der Waals surface area contributed by atoms with E-state index in [2.05, 4.69) is 6.92 Å². The van der Waals surface area contributed by atoms with Crippen LogP contribution in [0, 0.1) is 0 Å². The fourth-order valence-corrected chi connectivity index (χ4v) is 2.06. The number of benzene rings is 1. The van der Waals surface area contributed by atoms with Crippen LogP contribution in [0.15, 0.2) is 30.3 Å². The third-order valence-corrected chi connectivity index (χ3v) is 3.28. The number of nitrogens with zero attached hydrogens (tertiary/aromatic N) is 2. The van der Waals surface area contributed by atoms with Gasteiger partial charge in [-0.05, 0) is 25.5 Å². The van der Waals surface area contributed by atoms with Gasteiger partial charge in [0.2, 0.25) is 0 Å². The summed E-state index contributed by atoms with van der Waals surface area (Å²) in [5.41, 5.74) is 0.735. The van der Waals surface area contributed by atoms with Gasteiger partial charge in [-0.3, -0.25) is 9.69 Å². The third kappa shape index (κ3) is 5.45. The number of rotatable bonds is 8. The van der Waals surface area contributed by atoms with Crippen LogP contribution < -0.4 is 4.90 Å². The van der Waals surface area contributed by atoms with Crippen LogP contribution in [-0.4, -0.2) is 41.6 Å². The Morgan fingerprint density at radius 2 is 1.76 bits per heavy atom. The lowest BCUT2D eigenvalue weighted by atomic mass is 10.2. The van der Waals surface area contributed by atoms with E-state index in [9.17, 15) is 9.59 Å². The number of para-hydroxylation sites is 1. The second kappa shape index (κ2) is 9.00. The number of hydrogen-bond acceptors (Lipinski definition) is 2. The zero-order valence-corrected chi connectivity index (χ0v) is 12.8. The lowest BCUT2D eigenvalue weighted by Crippen LogP contribution is -2.44. The van der Waals surface area contributed by atoms with Crippen molar-refractivity contribution in [1.82, 2.24) is 4.90 Å². The zero-order valence-electron chi connectivity index (χ0n) is 12.8. The number of unbranched alkanes of at least 4 members (excludes halogenated alkanes) is 1. The largest absolute Gasteiger partial charge is 0.481 e. The fourth-order valence-electron chi connectivity index (χ4n) is 2.06. The third-order valence-electron chi connectivity index (χ3n) is 3.28. The second-order valence-corrected chi connectivity index (χ2v) is 4.85. The first-order chi connectivity index (χ1) is 10.1. The molecule has 2 amide bonds. The van der Waals surface area contributed by atoms with E-state index in [4.69, 9.17) is 5.11 Å². The van der Waals surface area contributed by atoms with Crippen LogP contribution in [0.2, 0.25) is 0 Å². The van der Waals surface area contributed by atoms with Crippen molar-refractivity contribution in [3.8, 4) is 0 Å². The number of carbonyl (C=O) groups is 2. The average molecular weight is 292 g/mol. The normalized spacial score (nSPS) is 10.2. The molecule has 0 radical (unpaired) electrons. The number of carboxylic acids is 1. The molecule has 0 atom stereocenters. The van der Waals surface area contributed by atoms with Gasteiger partial charge in [0.05, 0.1) is 6.42 Å². The van der Waals surface area contributed by atoms with E-state index in [1.807, 2.05) is 37.3 Å². The summed E-state index contributed by atoms with van der Waals surface area (Å²) in [7, 11) is 0. The molecular weight excluding hydrogens is 268 g/mol. The summed E-state index contributed by atoms with van der Waals surface area (Å²) in [6, 6.07) is 9.09. The molecule has 0 bridgehead atoms. The Morgan fingerprint density at radius 3 is 2.29 bits per heavy atom. The SMILES string of the molecule is CCCCN(CC)C(=O)N(CCC(=O)O)c1ccccc1. The maximum Gasteiger partial charge on any atom is 0.324 e. The Kier molecular flexibility index (Phi) is 7.29. The van der Waals surface area contributed by atoms with Crippen LogP contribution in [0.5, 0.6) is 0 Å². The Hall–Kier alpha value is -2.04. The van der Waals surface area contributed by atoms with Crippen molar-refractivity contribution in [3.05, 3.63) is 30.3 Å². The highest BCUT2D eigenvalue weighted by atomic mass is 16.4. The number of urea groups is 1. The summed E-state index contributed by atoms with van der Waals surface area (Å²) >= 11 is 0. The topological polar surface area (TPSA) is 60.9 Å². The van der Waals surface area contributed by atoms with Gasteiger partial charge in [-0.25, -0.2) is 4.79 Å². The van der Waals surface area contributed by atoms with E-state index in [1.165, 1.54) is 0 Å². The minimum Gasteiger partial charge on any atom is -0.481 e. The molecule has 0 aliphatic heterocycles. The van der Waals surface area contributed by atoms with E-state index in [0.29, 0.717) is 13.1 Å². The van der Waals surface area contributed by atoms with Gasteiger partial charge in [-0.2, -0.15) is 0 Å². The van der Waals surface area contributed by atoms with Crippen molar-refractivity contribution in [2.45, 2.75) is 33.1 Å². The zero-order chi connectivity index (χ0) is 15.7. The first-order valence-electron chi connectivity index (χ1n) is 7.43. The summed E-state index contributed by atoms with van der Waals surface area (Å²) in [6.45, 7) is 5.52. The molecule has 0 aliphatic carbocycles. The number of carboxylic acid groups (broad SMARTS) is 1. The quantitative estimate of drug-likeness (QED) is 0.800. The lowest BCUT2D eigenvalue weighted by molar-refractivity contribution is -0.136. The summed E-state index contributed by atoms with van der Waals surface area (Å²) in [6.07, 6.45) is 1.90. The molecule has 5 heteroatoms. The average Bonchev–Trinajstić information content (AvgIpc) is 2.49. The predicted octanol–water partition coefficient (Wildman–Crippen LogP) is 3.21. The van der Waals surface area contributed by atoms with Crippen molar-refractivity contribution in [2.75, 3.05) is 24.5 Å². The van der Waals surface area contributed by atoms with Crippen molar-refractivity contribution in [2.24, 2.45) is 0 Å². The molecule has 1 N–H and O–H groups in total. The molecule has 1 aromatic carbocycles. The van der Waals surface area contributed by atoms with Gasteiger partial charge in [-0.15, -0.1) is 0 Å². The van der Waals surface area contributed by atoms with Crippen LogP contribution in [-0.2, 0) is 4.79 Å². The minimum atomic E-state index is -0.902. The van der Waals surface area contributed by atoms with Crippen LogP contribution >= 0.6 is 0 Å². The van der Waals surface area contributed by atoms with Gasteiger partial charge in [0.15, 0.2) is 0 Å². The highest BCUT2D eigenvalue weighted by Crippen LogP contribution is 2.16. The van der Waals surface area contributed by atoms with Gasteiger partial charge in [0, 0.05) is 25.3 Å². The molecule has 0 heterocycles. The first-order valence-corrected chi connectivity index (χ1v) is 7.43. The van der Waals surface area contributed by atoms with Crippen LogP contribution in [0.4, 0.5) is 10.5 Å². The molecule has 0 saturated carbocycles. The van der Waals surface area contributed by atoms with Gasteiger partial charge in [0.25, 0.3) is 0 Å². The maximum absolute atomic E-state index is 12.7. The highest BCUT2D eigenvalue weighted by molar-refractivity contribution is 5.92. The number of amides is 2. The van der Waals surface area contributed by atoms with Gasteiger partial charge in [-0.1, -0.05) is 31.5 Å². The van der Waals surface area contributed by atoms with Crippen molar-refractivity contribution < 1.29 is 14.7 Å². The Morgan fingerprint density at radius 1 is 1.10 bits per heavy atom. The lowest BCUT2D eigenvalue weighted by Gasteiger charge is -2.30. The van der Waals surface area contributed by atoms with Crippen LogP contribution in [0.3, 0.4) is 0 Å². The van der Waals surface area contributed by atoms with E-state index in [1.54, 1.807) is 9.80 Å². The van der Waals surface area contributed by atoms with Crippen LogP contribution in [0.25, 0.3) is 0 Å². The molecule has 0 fully saturated rings. The van der Waals surface area contributed by atoms with Gasteiger partial charge >= 0.3 is 12.0 Å². The molecule has 21 heavy (non-hydrogen) atoms. The summed E-state index contributed by atoms with van der Waals surface area (Å²) in [5.74, 6) is -0.902. The Balaban J connectivity index is 2.88. The predicted molar refractivity (Wildman–Crippen MR) is 83.6 cm³/mol. The van der Waals surface area contributed by atoms with E-state index < -0.39 is 5.97 Å². The molecule has 1 aromatic rings. The standard InChI is InChI=1S/C16H24N2O3/c1-3-5-12-17(4-2)16(21)18(13-11-15(19)20)14-9-7-6-8-10-14/h6-10H,3-5,11-13H2,1-2H3,(H,19,20). The molecule has 0 unspecified atom stereocenters. The molecule has 116 valence electrons. The second-order valence-electron chi connectivity index (χ2n) is 4.85. The molecule has 0 aromatic heterocycles. The summed E-state index contributed by atoms with van der Waals surface area (Å²) in [5, 5.41) is 8.88. The maximum atomic E-state index is 12.7. The molecule has 0 spiro atoms. The Bertz CT molecular complexity index is 448. The number of hydrogen-bond donors (Lipinski definition) is 1. The summed E-state index contributed by atoms with van der Waals surface area (Å²) < 4.78 is 0. The molecular formula is C16H24N2O3. The van der Waals surface area contributed by atoms with Crippen molar-refractivity contribution in [3.63, 3.8) is 0 Å². The van der Waals surface area contributed by atoms with Gasteiger partial charge in [0.1, 0.15) is 0 Å². The van der Waals surface area contributed by atoms with Gasteiger partial charge < -0.3 is 10.0 Å². The van der Waals surface area contributed by atoms with Crippen LogP contribution in [0.1, 0.15) is 33.1 Å². The van der Waals surface area contributed by atoms with E-state index in [0.717, 1.165) is 18.5 Å². The number of anilines is 1. The minimum absolute atomic E-state index is 0.0635. The smallest absolute Gasteiger partial charge is 0.324 e. The molecule has 1 rings (SSSR count). The number of aliphatic carboxylic acids is 1. The Labute approximate surface area is 126 Å². The van der Waals surface area contributed by atoms with Crippen molar-refractivity contribution >= 4 is 17.7 Å². The highest BCUT2D eigenvalue weighted by Gasteiger charge is 2.21. The van der Waals surface area contributed by atoms with E-state index in [-0.39, 0.29) is 19.0 Å². The fraction of sp³-hybridized carbons (Fsp3) is 0.500. The van der Waals surface area contributed by atoms with E-state index >= 15 is 0 Å². The number of carbonyl (C=O) groups excluding carboxylic acids is 1. The molecule has 5 nitrogen and oxygen atoms in total. The molecule has 0 aliphatic rings. The summed E-state index contributed by atoms with van der Waals surface area (Å²) in [4.78, 5) is 26.8. The first kappa shape index (κ1) is 17.0.